The van der Waals surface area contributed by atoms with Gasteiger partial charge >= 0.3 is 23.9 Å². The Kier molecular flexibility index (Phi) is 25.1. The van der Waals surface area contributed by atoms with E-state index in [0.29, 0.717) is 20.6 Å². The maximum absolute atomic E-state index is 14.2. The number of carboxylic acids is 4. The molecule has 2 rings (SSSR count). The maximum Gasteiger partial charge on any atom is 0.326 e. The second-order valence-electron chi connectivity index (χ2n) is 17.4. The van der Waals surface area contributed by atoms with Gasteiger partial charge in [-0.15, -0.1) is 0 Å². The number of carbonyl (C=O) groups is 11. The van der Waals surface area contributed by atoms with E-state index in [1.807, 2.05) is 0 Å². The molecule has 0 unspecified atom stereocenters. The number of aliphatic carboxylic acids is 4. The van der Waals surface area contributed by atoms with Gasteiger partial charge in [0.1, 0.15) is 42.3 Å². The van der Waals surface area contributed by atoms with E-state index < -0.39 is 145 Å². The van der Waals surface area contributed by atoms with Crippen molar-refractivity contribution in [3.8, 4) is 0 Å². The first kappa shape index (κ1) is 60.5. The molecule has 2 aromatic rings. The summed E-state index contributed by atoms with van der Waals surface area (Å²) in [6, 6.07) is 0.816. The van der Waals surface area contributed by atoms with Crippen molar-refractivity contribution in [3.05, 3.63) is 69.2 Å². The fraction of sp³-hybridized carbons (Fsp3) is 0.500. The Morgan fingerprint density at radius 2 is 1.06 bits per heavy atom. The van der Waals surface area contributed by atoms with Crippen LogP contribution in [0.25, 0.3) is 0 Å². The molecule has 0 aliphatic rings. The molecule has 0 radical (unpaired) electrons. The Labute approximate surface area is 422 Å². The molecule has 8 atom stereocenters. The minimum atomic E-state index is -1.91. The second kappa shape index (κ2) is 29.5. The zero-order valence-electron chi connectivity index (χ0n) is 39.7. The van der Waals surface area contributed by atoms with Crippen molar-refractivity contribution in [1.82, 2.24) is 37.2 Å². The number of carbonyl (C=O) groups excluding carboxylic acids is 7. The lowest BCUT2D eigenvalue weighted by atomic mass is 9.98. The van der Waals surface area contributed by atoms with Gasteiger partial charge in [-0.3, -0.25) is 47.9 Å². The smallest absolute Gasteiger partial charge is 0.326 e. The molecule has 0 heterocycles. The van der Waals surface area contributed by atoms with Gasteiger partial charge in [0.2, 0.25) is 41.4 Å². The van der Waals surface area contributed by atoms with Gasteiger partial charge in [0, 0.05) is 30.2 Å². The highest BCUT2D eigenvalue weighted by atomic mass is 79.9. The van der Waals surface area contributed by atoms with Crippen molar-refractivity contribution in [3.63, 3.8) is 0 Å². The Hall–Kier alpha value is -6.66. The first-order chi connectivity index (χ1) is 33.2. The van der Waals surface area contributed by atoms with Crippen molar-refractivity contribution in [2.45, 2.75) is 134 Å². The highest BCUT2D eigenvalue weighted by molar-refractivity contribution is 9.10. The van der Waals surface area contributed by atoms with Gasteiger partial charge in [0.05, 0.1) is 17.5 Å². The molecule has 0 spiro atoms. The Morgan fingerprint density at radius 3 is 1.61 bits per heavy atom. The summed E-state index contributed by atoms with van der Waals surface area (Å²) in [5.41, 5.74) is 6.82. The van der Waals surface area contributed by atoms with Crippen molar-refractivity contribution in [1.29, 1.82) is 0 Å². The van der Waals surface area contributed by atoms with E-state index in [1.54, 1.807) is 58.0 Å². The number of hydrogen-bond donors (Lipinski definition) is 12. The van der Waals surface area contributed by atoms with Gasteiger partial charge in [-0.1, -0.05) is 75.7 Å². The number of nitrogens with one attached hydrogen (secondary N) is 7. The lowest BCUT2D eigenvalue weighted by Crippen LogP contribution is -2.61. The van der Waals surface area contributed by atoms with Crippen molar-refractivity contribution < 1.29 is 73.2 Å². The van der Waals surface area contributed by atoms with Gasteiger partial charge in [-0.2, -0.15) is 0 Å². The van der Waals surface area contributed by atoms with E-state index in [9.17, 15) is 68.1 Å². The Bertz CT molecular complexity index is 2250. The van der Waals surface area contributed by atoms with Gasteiger partial charge in [0.15, 0.2) is 0 Å². The number of halogens is 2. The topological polar surface area (TPSA) is 379 Å². The van der Waals surface area contributed by atoms with Crippen LogP contribution in [0.15, 0.2) is 53.0 Å². The lowest BCUT2D eigenvalue weighted by molar-refractivity contribution is -0.143. The average molecular weight is 1080 g/mol. The van der Waals surface area contributed by atoms with E-state index in [0.717, 1.165) is 6.92 Å². The van der Waals surface area contributed by atoms with Crippen molar-refractivity contribution >= 4 is 92.8 Å². The standard InChI is InChI=1S/C46H62BrClN8O15/c1-22(2)17-31(54-45(69)38(23(3)4)56-40(64)29(49)13-15-35(57)58)43(67)52-32(20-26-11-12-28(48)27(47)18-26)44(68)53-33(21-37(61)62)42(66)50-24(5)39(63)51-30(14-16-36(59)60)41(65)55-34(46(70)71)19-25-9-7-6-8-10-25/h6-12,18,22-24,29-34,38H,13-17,19-21,49H2,1-5H3,(H,50,66)(H,51,63)(H,52,67)(H,53,68)(H,54,69)(H,55,65)(H,56,64)(H,57,58)(H,59,60)(H,61,62)(H,70,71)/t24-,29-,30-,31-,32-,33-,34-,38-/m0/s1. The minimum absolute atomic E-state index is 0.00590. The third kappa shape index (κ3) is 21.9. The van der Waals surface area contributed by atoms with Crippen LogP contribution in [-0.4, -0.2) is 134 Å². The van der Waals surface area contributed by atoms with Crippen LogP contribution in [0, 0.1) is 11.8 Å². The molecule has 0 saturated heterocycles. The first-order valence-corrected chi connectivity index (χ1v) is 23.6. The molecular weight excluding hydrogens is 1020 g/mol. The molecule has 0 aromatic heterocycles. The summed E-state index contributed by atoms with van der Waals surface area (Å²) in [6.45, 7) is 7.85. The van der Waals surface area contributed by atoms with E-state index >= 15 is 0 Å². The summed E-state index contributed by atoms with van der Waals surface area (Å²) in [6.07, 6.45) is -3.24. The van der Waals surface area contributed by atoms with Crippen LogP contribution < -0.4 is 43.0 Å². The van der Waals surface area contributed by atoms with Crippen LogP contribution in [0.3, 0.4) is 0 Å². The zero-order valence-corrected chi connectivity index (χ0v) is 42.0. The molecule has 0 bridgehead atoms. The van der Waals surface area contributed by atoms with Crippen LogP contribution in [0.2, 0.25) is 5.02 Å². The maximum atomic E-state index is 14.2. The number of nitrogens with two attached hydrogens (primary N) is 1. The van der Waals surface area contributed by atoms with Gasteiger partial charge < -0.3 is 63.4 Å². The van der Waals surface area contributed by atoms with Crippen molar-refractivity contribution in [2.24, 2.45) is 17.6 Å². The van der Waals surface area contributed by atoms with Crippen LogP contribution in [0.4, 0.5) is 0 Å². The lowest BCUT2D eigenvalue weighted by Gasteiger charge is -2.28. The number of amides is 7. The van der Waals surface area contributed by atoms with Gasteiger partial charge in [-0.05, 0) is 77.2 Å². The van der Waals surface area contributed by atoms with Crippen LogP contribution in [0.5, 0.6) is 0 Å². The summed E-state index contributed by atoms with van der Waals surface area (Å²) in [5, 5.41) is 55.0. The molecule has 2 aromatic carbocycles. The predicted octanol–water partition coefficient (Wildman–Crippen LogP) is 0.620. The Balaban J connectivity index is 2.39. The van der Waals surface area contributed by atoms with Gasteiger partial charge in [-0.25, -0.2) is 4.79 Å². The minimum Gasteiger partial charge on any atom is -0.481 e. The molecule has 23 nitrogen and oxygen atoms in total. The third-order valence-electron chi connectivity index (χ3n) is 10.6. The number of rotatable bonds is 30. The van der Waals surface area contributed by atoms with E-state index in [1.165, 1.54) is 18.2 Å². The molecule has 13 N–H and O–H groups in total. The SMILES string of the molecule is CC(C)C[C@H](NC(=O)[C@@H](NC(=O)[C@@H](N)CCC(=O)O)C(C)C)C(=O)N[C@@H](Cc1ccc(Cl)c(Br)c1)C(=O)N[C@@H](CC(=O)O)C(=O)N[C@@H](C)C(=O)N[C@@H](CCC(=O)O)C(=O)N[C@@H](Cc1ccccc1)C(=O)O. The number of benzene rings is 2. The largest absolute Gasteiger partial charge is 0.481 e. The summed E-state index contributed by atoms with van der Waals surface area (Å²) in [7, 11) is 0. The highest BCUT2D eigenvalue weighted by Gasteiger charge is 2.35. The van der Waals surface area contributed by atoms with Crippen LogP contribution in [0.1, 0.15) is 84.3 Å². The molecule has 25 heteroatoms. The van der Waals surface area contributed by atoms with E-state index in [2.05, 4.69) is 53.1 Å². The van der Waals surface area contributed by atoms with Crippen LogP contribution >= 0.6 is 27.5 Å². The van der Waals surface area contributed by atoms with Gasteiger partial charge in [0.25, 0.3) is 0 Å². The quantitative estimate of drug-likeness (QED) is 0.0510. The predicted molar refractivity (Wildman–Crippen MR) is 258 cm³/mol. The van der Waals surface area contributed by atoms with Crippen molar-refractivity contribution in [2.75, 3.05) is 0 Å². The van der Waals surface area contributed by atoms with E-state index in [4.69, 9.17) is 22.4 Å². The zero-order chi connectivity index (χ0) is 53.7. The molecule has 0 fully saturated rings. The summed E-state index contributed by atoms with van der Waals surface area (Å²) in [4.78, 5) is 142. The molecule has 0 saturated carbocycles. The molecular formula is C46H62BrClN8O15. The molecule has 0 aliphatic carbocycles. The van der Waals surface area contributed by atoms with E-state index in [-0.39, 0.29) is 31.6 Å². The molecule has 71 heavy (non-hydrogen) atoms. The summed E-state index contributed by atoms with van der Waals surface area (Å²) < 4.78 is 0.406. The number of carboxylic acid groups (broad SMARTS) is 4. The fourth-order valence-corrected chi connectivity index (χ4v) is 7.29. The first-order valence-electron chi connectivity index (χ1n) is 22.4. The van der Waals surface area contributed by atoms with Crippen LogP contribution in [-0.2, 0) is 65.6 Å². The normalized spacial score (nSPS) is 14.5. The second-order valence-corrected chi connectivity index (χ2v) is 18.7. The monoisotopic (exact) mass is 1080 g/mol. The molecule has 7 amide bonds. The highest BCUT2D eigenvalue weighted by Crippen LogP contribution is 2.24. The Morgan fingerprint density at radius 1 is 0.549 bits per heavy atom. The third-order valence-corrected chi connectivity index (χ3v) is 11.8. The summed E-state index contributed by atoms with van der Waals surface area (Å²) >= 11 is 9.49. The molecule has 390 valence electrons. The molecule has 0 aliphatic heterocycles. The number of hydrogen-bond acceptors (Lipinski definition) is 12. The summed E-state index contributed by atoms with van der Waals surface area (Å²) in [5.74, 6) is -13.2. The fourth-order valence-electron chi connectivity index (χ4n) is 6.74. The average Bonchev–Trinajstić information content (AvgIpc) is 3.28.